The third kappa shape index (κ3) is 4.47. The van der Waals surface area contributed by atoms with E-state index in [-0.39, 0.29) is 36.4 Å². The molecule has 2 aromatic rings. The molecule has 0 aromatic heterocycles. The Hall–Kier alpha value is -2.53. The number of benzene rings is 2. The fourth-order valence-electron chi connectivity index (χ4n) is 3.62. The van der Waals surface area contributed by atoms with Gasteiger partial charge in [0.05, 0.1) is 6.04 Å². The molecule has 1 fully saturated rings. The molecule has 1 atom stereocenters. The van der Waals surface area contributed by atoms with Gasteiger partial charge in [-0.25, -0.2) is 4.39 Å². The SMILES string of the molecule is Cc1ccc(C(=O)CCC(=O)N2CCN(C)C(c3ccccc3F)C2)cc1C. The number of amides is 1. The molecule has 0 aliphatic carbocycles. The van der Waals surface area contributed by atoms with E-state index in [2.05, 4.69) is 4.90 Å². The number of nitrogens with zero attached hydrogens (tertiary/aromatic N) is 2. The molecule has 0 radical (unpaired) electrons. The highest BCUT2D eigenvalue weighted by molar-refractivity contribution is 5.98. The Kier molecular flexibility index (Phi) is 6.25. The van der Waals surface area contributed by atoms with Gasteiger partial charge >= 0.3 is 0 Å². The lowest BCUT2D eigenvalue weighted by Crippen LogP contribution is -2.49. The zero-order valence-corrected chi connectivity index (χ0v) is 16.7. The van der Waals surface area contributed by atoms with Crippen LogP contribution in [0.3, 0.4) is 0 Å². The number of carbonyl (C=O) groups excluding carboxylic acids is 2. The first-order valence-electron chi connectivity index (χ1n) is 9.69. The zero-order valence-electron chi connectivity index (χ0n) is 16.7. The Balaban J connectivity index is 1.62. The molecule has 1 aliphatic rings. The van der Waals surface area contributed by atoms with Crippen LogP contribution < -0.4 is 0 Å². The lowest BCUT2D eigenvalue weighted by Gasteiger charge is -2.39. The van der Waals surface area contributed by atoms with Crippen molar-refractivity contribution in [3.63, 3.8) is 0 Å². The summed E-state index contributed by atoms with van der Waals surface area (Å²) in [5.74, 6) is -0.318. The van der Waals surface area contributed by atoms with Crippen molar-refractivity contribution in [2.45, 2.75) is 32.7 Å². The van der Waals surface area contributed by atoms with Gasteiger partial charge < -0.3 is 4.90 Å². The van der Waals surface area contributed by atoms with Gasteiger partial charge in [0.15, 0.2) is 5.78 Å². The van der Waals surface area contributed by atoms with Crippen LogP contribution in [0.25, 0.3) is 0 Å². The Morgan fingerprint density at radius 2 is 1.79 bits per heavy atom. The van der Waals surface area contributed by atoms with Gasteiger partial charge in [-0.05, 0) is 44.2 Å². The summed E-state index contributed by atoms with van der Waals surface area (Å²) < 4.78 is 14.2. The van der Waals surface area contributed by atoms with Crippen LogP contribution >= 0.6 is 0 Å². The van der Waals surface area contributed by atoms with E-state index in [0.29, 0.717) is 30.8 Å². The summed E-state index contributed by atoms with van der Waals surface area (Å²) in [7, 11) is 1.95. The van der Waals surface area contributed by atoms with E-state index in [1.54, 1.807) is 17.0 Å². The Morgan fingerprint density at radius 3 is 2.50 bits per heavy atom. The van der Waals surface area contributed by atoms with E-state index in [1.807, 2.05) is 45.2 Å². The van der Waals surface area contributed by atoms with Crippen LogP contribution in [0.15, 0.2) is 42.5 Å². The summed E-state index contributed by atoms with van der Waals surface area (Å²) in [6.07, 6.45) is 0.373. The molecule has 1 amide bonds. The van der Waals surface area contributed by atoms with E-state index in [4.69, 9.17) is 0 Å². The maximum Gasteiger partial charge on any atom is 0.223 e. The Morgan fingerprint density at radius 1 is 1.04 bits per heavy atom. The molecule has 1 unspecified atom stereocenters. The molecular weight excluding hydrogens is 355 g/mol. The van der Waals surface area contributed by atoms with Gasteiger partial charge in [-0.2, -0.15) is 0 Å². The van der Waals surface area contributed by atoms with Crippen LogP contribution in [0.5, 0.6) is 0 Å². The van der Waals surface area contributed by atoms with Crippen molar-refractivity contribution in [1.29, 1.82) is 0 Å². The molecule has 4 nitrogen and oxygen atoms in total. The largest absolute Gasteiger partial charge is 0.339 e. The van der Waals surface area contributed by atoms with Gasteiger partial charge in [-0.1, -0.05) is 30.3 Å². The number of piperazine rings is 1. The molecule has 148 valence electrons. The normalized spacial score (nSPS) is 17.6. The zero-order chi connectivity index (χ0) is 20.3. The quantitative estimate of drug-likeness (QED) is 0.736. The van der Waals surface area contributed by atoms with Gasteiger partial charge in [0.25, 0.3) is 0 Å². The van der Waals surface area contributed by atoms with E-state index in [1.165, 1.54) is 6.07 Å². The lowest BCUT2D eigenvalue weighted by molar-refractivity contribution is -0.134. The van der Waals surface area contributed by atoms with E-state index in [9.17, 15) is 14.0 Å². The van der Waals surface area contributed by atoms with E-state index >= 15 is 0 Å². The number of halogens is 1. The van der Waals surface area contributed by atoms with Crippen LogP contribution in [-0.4, -0.2) is 48.2 Å². The second kappa shape index (κ2) is 8.65. The second-order valence-corrected chi connectivity index (χ2v) is 7.58. The summed E-state index contributed by atoms with van der Waals surface area (Å²) >= 11 is 0. The van der Waals surface area contributed by atoms with E-state index in [0.717, 1.165) is 11.1 Å². The summed E-state index contributed by atoms with van der Waals surface area (Å²) in [6, 6.07) is 12.2. The summed E-state index contributed by atoms with van der Waals surface area (Å²) in [4.78, 5) is 29.0. The third-order valence-corrected chi connectivity index (χ3v) is 5.66. The number of hydrogen-bond acceptors (Lipinski definition) is 3. The number of hydrogen-bond donors (Lipinski definition) is 0. The minimum absolute atomic E-state index is 0.0174. The first kappa shape index (κ1) is 20.2. The number of likely N-dealkylation sites (N-methyl/N-ethyl adjacent to an activating group) is 1. The van der Waals surface area contributed by atoms with Crippen LogP contribution in [0.1, 0.15) is 45.9 Å². The number of carbonyl (C=O) groups is 2. The first-order valence-corrected chi connectivity index (χ1v) is 9.69. The monoisotopic (exact) mass is 382 g/mol. The predicted molar refractivity (Wildman–Crippen MR) is 108 cm³/mol. The van der Waals surface area contributed by atoms with Crippen molar-refractivity contribution in [2.24, 2.45) is 0 Å². The molecule has 1 saturated heterocycles. The fraction of sp³-hybridized carbons (Fsp3) is 0.391. The van der Waals surface area contributed by atoms with Crippen molar-refractivity contribution in [1.82, 2.24) is 9.80 Å². The van der Waals surface area contributed by atoms with Crippen molar-refractivity contribution >= 4 is 11.7 Å². The molecule has 0 N–H and O–H groups in total. The number of ketones is 1. The molecule has 1 aliphatic heterocycles. The topological polar surface area (TPSA) is 40.6 Å². The van der Waals surface area contributed by atoms with Crippen LogP contribution in [-0.2, 0) is 4.79 Å². The minimum Gasteiger partial charge on any atom is -0.339 e. The van der Waals surface area contributed by atoms with Crippen LogP contribution in [0, 0.1) is 19.7 Å². The summed E-state index contributed by atoms with van der Waals surface area (Å²) in [5.41, 5.74) is 3.47. The average molecular weight is 382 g/mol. The fourth-order valence-corrected chi connectivity index (χ4v) is 3.62. The van der Waals surface area contributed by atoms with Crippen molar-refractivity contribution in [3.05, 3.63) is 70.5 Å². The van der Waals surface area contributed by atoms with E-state index < -0.39 is 0 Å². The van der Waals surface area contributed by atoms with Gasteiger partial charge in [0.2, 0.25) is 5.91 Å². The smallest absolute Gasteiger partial charge is 0.223 e. The van der Waals surface area contributed by atoms with Crippen LogP contribution in [0.4, 0.5) is 4.39 Å². The van der Waals surface area contributed by atoms with Gasteiger partial charge in [-0.15, -0.1) is 0 Å². The van der Waals surface area contributed by atoms with Crippen molar-refractivity contribution in [3.8, 4) is 0 Å². The maximum absolute atomic E-state index is 14.2. The summed E-state index contributed by atoms with van der Waals surface area (Å²) in [5, 5.41) is 0. The first-order chi connectivity index (χ1) is 13.4. The molecule has 0 saturated carbocycles. The third-order valence-electron chi connectivity index (χ3n) is 5.66. The van der Waals surface area contributed by atoms with Crippen molar-refractivity contribution < 1.29 is 14.0 Å². The number of Topliss-reactive ketones (excluding diaryl/α,β-unsaturated/α-hetero) is 1. The molecule has 1 heterocycles. The average Bonchev–Trinajstić information content (AvgIpc) is 2.69. The van der Waals surface area contributed by atoms with Gasteiger partial charge in [-0.3, -0.25) is 14.5 Å². The van der Waals surface area contributed by atoms with Crippen molar-refractivity contribution in [2.75, 3.05) is 26.7 Å². The highest BCUT2D eigenvalue weighted by atomic mass is 19.1. The predicted octanol–water partition coefficient (Wildman–Crippen LogP) is 3.92. The molecule has 3 rings (SSSR count). The molecule has 0 bridgehead atoms. The highest BCUT2D eigenvalue weighted by Crippen LogP contribution is 2.26. The standard InChI is InChI=1S/C23H27FN2O2/c1-16-8-9-18(14-17(16)2)22(27)10-11-23(28)26-13-12-25(3)21(15-26)19-6-4-5-7-20(19)24/h4-9,14,21H,10-13,15H2,1-3H3. The molecular formula is C23H27FN2O2. The Labute approximate surface area is 166 Å². The minimum atomic E-state index is -0.251. The molecule has 5 heteroatoms. The van der Waals surface area contributed by atoms with Crippen LogP contribution in [0.2, 0.25) is 0 Å². The molecule has 0 spiro atoms. The van der Waals surface area contributed by atoms with Gasteiger partial charge in [0, 0.05) is 43.6 Å². The lowest BCUT2D eigenvalue weighted by atomic mass is 10.00. The maximum atomic E-state index is 14.2. The van der Waals surface area contributed by atoms with Gasteiger partial charge in [0.1, 0.15) is 5.82 Å². The molecule has 28 heavy (non-hydrogen) atoms. The summed E-state index contributed by atoms with van der Waals surface area (Å²) in [6.45, 7) is 5.69. The Bertz CT molecular complexity index is 881. The highest BCUT2D eigenvalue weighted by Gasteiger charge is 2.30. The number of aryl methyl sites for hydroxylation is 2. The molecule has 2 aromatic carbocycles. The second-order valence-electron chi connectivity index (χ2n) is 7.58. The number of rotatable bonds is 5.